The number of rotatable bonds is 3. The number of carbonyl (C=O) groups is 1. The summed E-state index contributed by atoms with van der Waals surface area (Å²) >= 11 is 0. The van der Waals surface area contributed by atoms with Crippen LogP contribution in [0.15, 0.2) is 34.9 Å². The quantitative estimate of drug-likeness (QED) is 0.869. The van der Waals surface area contributed by atoms with Crippen LogP contribution in [0.25, 0.3) is 0 Å². The second kappa shape index (κ2) is 5.93. The zero-order valence-corrected chi connectivity index (χ0v) is 11.2. The summed E-state index contributed by atoms with van der Waals surface area (Å²) in [6, 6.07) is 9.43. The third-order valence-corrected chi connectivity index (χ3v) is 2.77. The summed E-state index contributed by atoms with van der Waals surface area (Å²) in [5, 5.41) is 6.24. The van der Waals surface area contributed by atoms with Gasteiger partial charge in [-0.3, -0.25) is 5.32 Å². The fourth-order valence-electron chi connectivity index (χ4n) is 1.70. The Bertz CT molecular complexity index is 641. The van der Waals surface area contributed by atoms with E-state index < -0.39 is 6.09 Å². The molecule has 0 radical (unpaired) electrons. The van der Waals surface area contributed by atoms with E-state index in [1.165, 1.54) is 0 Å². The summed E-state index contributed by atoms with van der Waals surface area (Å²) in [5.74, 6) is 2.48. The number of nitrogens with one attached hydrogen (secondary N) is 1. The van der Waals surface area contributed by atoms with Gasteiger partial charge in [0.25, 0.3) is 0 Å². The molecule has 0 aliphatic carbocycles. The minimum atomic E-state index is -0.607. The van der Waals surface area contributed by atoms with Gasteiger partial charge in [-0.15, -0.1) is 6.42 Å². The maximum absolute atomic E-state index is 11.8. The van der Waals surface area contributed by atoms with E-state index in [0.717, 1.165) is 5.56 Å². The van der Waals surface area contributed by atoms with Crippen LogP contribution in [0.4, 0.5) is 10.5 Å². The molecule has 1 aromatic heterocycles. The number of amides is 1. The largest absolute Gasteiger partial charge is 0.441 e. The molecule has 1 amide bonds. The van der Waals surface area contributed by atoms with Crippen molar-refractivity contribution in [2.75, 3.05) is 5.32 Å². The second-order valence-corrected chi connectivity index (χ2v) is 4.20. The van der Waals surface area contributed by atoms with Crippen molar-refractivity contribution >= 4 is 11.8 Å². The molecule has 0 spiro atoms. The number of terminal acetylenes is 1. The lowest BCUT2D eigenvalue weighted by molar-refractivity contribution is 0.121. The van der Waals surface area contributed by atoms with Gasteiger partial charge in [0.05, 0.1) is 0 Å². The Morgan fingerprint density at radius 2 is 2.15 bits per heavy atom. The predicted octanol–water partition coefficient (Wildman–Crippen LogP) is 3.27. The summed E-state index contributed by atoms with van der Waals surface area (Å²) in [7, 11) is 0. The number of aromatic nitrogens is 1. The van der Waals surface area contributed by atoms with Gasteiger partial charge in [-0.25, -0.2) is 4.79 Å². The maximum atomic E-state index is 11.8. The van der Waals surface area contributed by atoms with Crippen molar-refractivity contribution in [2.24, 2.45) is 0 Å². The van der Waals surface area contributed by atoms with Crippen molar-refractivity contribution in [3.05, 3.63) is 47.3 Å². The molecule has 0 aliphatic heterocycles. The maximum Gasteiger partial charge on any atom is 0.412 e. The molecule has 0 saturated heterocycles. The average Bonchev–Trinajstić information content (AvgIpc) is 2.80. The summed E-state index contributed by atoms with van der Waals surface area (Å²) in [6.45, 7) is 3.47. The smallest absolute Gasteiger partial charge is 0.412 e. The van der Waals surface area contributed by atoms with E-state index in [9.17, 15) is 4.79 Å². The van der Waals surface area contributed by atoms with Crippen LogP contribution in [0.2, 0.25) is 0 Å². The summed E-state index contributed by atoms with van der Waals surface area (Å²) < 4.78 is 10.2. The molecule has 1 aromatic carbocycles. The SMILES string of the molecule is C#Cc1onc(C)c1NC(=O)O[C@H](C)c1ccccc1. The molecule has 0 saturated carbocycles. The first-order valence-electron chi connectivity index (χ1n) is 6.07. The van der Waals surface area contributed by atoms with Crippen molar-refractivity contribution in [2.45, 2.75) is 20.0 Å². The molecule has 2 aromatic rings. The van der Waals surface area contributed by atoms with Gasteiger partial charge in [-0.2, -0.15) is 0 Å². The molecule has 102 valence electrons. The Kier molecular flexibility index (Phi) is 4.06. The lowest BCUT2D eigenvalue weighted by Gasteiger charge is -2.13. The van der Waals surface area contributed by atoms with Gasteiger partial charge in [0.1, 0.15) is 17.5 Å². The minimum Gasteiger partial charge on any atom is -0.441 e. The van der Waals surface area contributed by atoms with Gasteiger partial charge in [-0.05, 0) is 25.3 Å². The zero-order chi connectivity index (χ0) is 14.5. The Morgan fingerprint density at radius 1 is 1.45 bits per heavy atom. The van der Waals surface area contributed by atoms with Gasteiger partial charge in [0.15, 0.2) is 0 Å². The number of anilines is 1. The molecule has 0 aliphatic rings. The van der Waals surface area contributed by atoms with Crippen LogP contribution in [0.1, 0.15) is 30.0 Å². The fourth-order valence-corrected chi connectivity index (χ4v) is 1.70. The fraction of sp³-hybridized carbons (Fsp3) is 0.200. The van der Waals surface area contributed by atoms with E-state index >= 15 is 0 Å². The molecule has 5 heteroatoms. The lowest BCUT2D eigenvalue weighted by Crippen LogP contribution is -2.16. The molecule has 1 heterocycles. The molecular weight excluding hydrogens is 256 g/mol. The number of nitrogens with zero attached hydrogens (tertiary/aromatic N) is 1. The monoisotopic (exact) mass is 270 g/mol. The first kappa shape index (κ1) is 13.7. The Labute approximate surface area is 116 Å². The molecule has 0 unspecified atom stereocenters. The number of carbonyl (C=O) groups excluding carboxylic acids is 1. The van der Waals surface area contributed by atoms with Crippen LogP contribution in [0.5, 0.6) is 0 Å². The van der Waals surface area contributed by atoms with E-state index in [-0.39, 0.29) is 11.9 Å². The van der Waals surface area contributed by atoms with Gasteiger partial charge in [0.2, 0.25) is 5.76 Å². The molecule has 1 N–H and O–H groups in total. The summed E-state index contributed by atoms with van der Waals surface area (Å²) in [6.07, 6.45) is 4.28. The molecule has 1 atom stereocenters. The Hall–Kier alpha value is -2.74. The van der Waals surface area contributed by atoms with Gasteiger partial charge >= 0.3 is 6.09 Å². The van der Waals surface area contributed by atoms with Gasteiger partial charge in [-0.1, -0.05) is 35.5 Å². The molecule has 20 heavy (non-hydrogen) atoms. The molecule has 2 rings (SSSR count). The second-order valence-electron chi connectivity index (χ2n) is 4.20. The van der Waals surface area contributed by atoms with Crippen LogP contribution >= 0.6 is 0 Å². The normalized spacial score (nSPS) is 11.4. The molecular formula is C15H14N2O3. The number of aryl methyl sites for hydroxylation is 1. The highest BCUT2D eigenvalue weighted by atomic mass is 16.6. The van der Waals surface area contributed by atoms with Crippen molar-refractivity contribution in [1.82, 2.24) is 5.16 Å². The first-order valence-corrected chi connectivity index (χ1v) is 6.07. The molecule has 0 bridgehead atoms. The highest BCUT2D eigenvalue weighted by Gasteiger charge is 2.17. The topological polar surface area (TPSA) is 64.4 Å². The number of hydrogen-bond acceptors (Lipinski definition) is 4. The summed E-state index contributed by atoms with van der Waals surface area (Å²) in [5.41, 5.74) is 1.77. The van der Waals surface area contributed by atoms with E-state index in [2.05, 4.69) is 16.4 Å². The van der Waals surface area contributed by atoms with Crippen molar-refractivity contribution in [1.29, 1.82) is 0 Å². The predicted molar refractivity (Wildman–Crippen MR) is 74.1 cm³/mol. The van der Waals surface area contributed by atoms with Crippen molar-refractivity contribution < 1.29 is 14.1 Å². The van der Waals surface area contributed by atoms with E-state index in [0.29, 0.717) is 11.4 Å². The Balaban J connectivity index is 2.03. The summed E-state index contributed by atoms with van der Waals surface area (Å²) in [4.78, 5) is 11.8. The van der Waals surface area contributed by atoms with Crippen LogP contribution in [0, 0.1) is 19.3 Å². The molecule has 5 nitrogen and oxygen atoms in total. The van der Waals surface area contributed by atoms with Crippen LogP contribution in [-0.4, -0.2) is 11.2 Å². The highest BCUT2D eigenvalue weighted by Crippen LogP contribution is 2.21. The van der Waals surface area contributed by atoms with Crippen LogP contribution < -0.4 is 5.32 Å². The Morgan fingerprint density at radius 3 is 2.80 bits per heavy atom. The van der Waals surface area contributed by atoms with Crippen LogP contribution in [0.3, 0.4) is 0 Å². The lowest BCUT2D eigenvalue weighted by atomic mass is 10.1. The van der Waals surface area contributed by atoms with E-state index in [1.807, 2.05) is 30.3 Å². The number of ether oxygens (including phenoxy) is 1. The highest BCUT2D eigenvalue weighted by molar-refractivity contribution is 5.86. The van der Waals surface area contributed by atoms with Crippen molar-refractivity contribution in [3.8, 4) is 12.3 Å². The van der Waals surface area contributed by atoms with E-state index in [1.54, 1.807) is 13.8 Å². The van der Waals surface area contributed by atoms with Crippen LogP contribution in [-0.2, 0) is 4.74 Å². The third-order valence-electron chi connectivity index (χ3n) is 2.77. The first-order chi connectivity index (χ1) is 9.61. The average molecular weight is 270 g/mol. The van der Waals surface area contributed by atoms with Gasteiger partial charge < -0.3 is 9.26 Å². The van der Waals surface area contributed by atoms with E-state index in [4.69, 9.17) is 15.7 Å². The number of hydrogen-bond donors (Lipinski definition) is 1. The zero-order valence-electron chi connectivity index (χ0n) is 11.2. The van der Waals surface area contributed by atoms with Crippen molar-refractivity contribution in [3.63, 3.8) is 0 Å². The number of benzene rings is 1. The molecule has 0 fully saturated rings. The minimum absolute atomic E-state index is 0.173. The van der Waals surface area contributed by atoms with Gasteiger partial charge in [0, 0.05) is 0 Å². The third kappa shape index (κ3) is 2.98. The standard InChI is InChI=1S/C15H14N2O3/c1-4-13-14(10(2)17-20-13)16-15(18)19-11(3)12-8-6-5-7-9-12/h1,5-9,11H,2-3H3,(H,16,18)/t11-/m1/s1.